The first-order chi connectivity index (χ1) is 23.9. The minimum absolute atomic E-state index is 0.00253. The van der Waals surface area contributed by atoms with Crippen molar-refractivity contribution in [2.45, 2.75) is 154 Å². The lowest BCUT2D eigenvalue weighted by Crippen LogP contribution is -2.61. The summed E-state index contributed by atoms with van der Waals surface area (Å²) in [6.45, 7) is 16.1. The summed E-state index contributed by atoms with van der Waals surface area (Å²) in [7, 11) is 5.37. The molecule has 3 saturated heterocycles. The molecular formula is C36H64N6O9. The number of cyclic esters (lactones) is 1. The fraction of sp³-hybridized carbons (Fsp3) is 0.917. The van der Waals surface area contributed by atoms with E-state index in [0.29, 0.717) is 51.7 Å². The molecule has 0 aromatic carbocycles. The Morgan fingerprint density at radius 3 is 2.41 bits per heavy atom. The van der Waals surface area contributed by atoms with Gasteiger partial charge in [-0.15, -0.1) is 0 Å². The van der Waals surface area contributed by atoms with Crippen LogP contribution in [0.2, 0.25) is 0 Å². The van der Waals surface area contributed by atoms with E-state index >= 15 is 0 Å². The van der Waals surface area contributed by atoms with Crippen LogP contribution in [0.3, 0.4) is 0 Å². The Morgan fingerprint density at radius 2 is 1.80 bits per heavy atom. The Morgan fingerprint density at radius 1 is 1.12 bits per heavy atom. The number of esters is 1. The predicted molar refractivity (Wildman–Crippen MR) is 191 cm³/mol. The molecule has 3 aliphatic rings. The van der Waals surface area contributed by atoms with Gasteiger partial charge in [-0.3, -0.25) is 14.5 Å². The first-order valence-corrected chi connectivity index (χ1v) is 18.6. The molecule has 0 aromatic heterocycles. The summed E-state index contributed by atoms with van der Waals surface area (Å²) < 4.78 is 31.2. The lowest BCUT2D eigenvalue weighted by Gasteiger charge is -2.46. The number of ketones is 1. The molecule has 0 aliphatic carbocycles. The number of Topliss-reactive ketones (excluding diaryl/α,β-unsaturated/α-hetero) is 1. The number of azide groups is 1. The zero-order chi connectivity index (χ0) is 38.3. The molecule has 51 heavy (non-hydrogen) atoms. The largest absolute Gasteiger partial charge is 0.458 e. The number of carbonyl (C=O) groups is 3. The summed E-state index contributed by atoms with van der Waals surface area (Å²) in [5, 5.41) is 18.6. The molecule has 3 heterocycles. The van der Waals surface area contributed by atoms with Crippen LogP contribution in [-0.4, -0.2) is 134 Å². The Labute approximate surface area is 304 Å². The van der Waals surface area contributed by atoms with Crippen molar-refractivity contribution in [3.05, 3.63) is 10.4 Å². The van der Waals surface area contributed by atoms with E-state index in [-0.39, 0.29) is 24.1 Å². The van der Waals surface area contributed by atoms with Gasteiger partial charge >= 0.3 is 12.1 Å². The highest BCUT2D eigenvalue weighted by atomic mass is 16.7. The zero-order valence-electron chi connectivity index (χ0n) is 32.7. The molecule has 3 rings (SSSR count). The molecule has 1 amide bonds. The molecule has 292 valence electrons. The van der Waals surface area contributed by atoms with Crippen molar-refractivity contribution in [1.82, 2.24) is 15.1 Å². The third kappa shape index (κ3) is 9.92. The number of nitrogens with one attached hydrogen (secondary N) is 1. The molecule has 0 saturated carbocycles. The lowest BCUT2D eigenvalue weighted by molar-refractivity contribution is -0.295. The molecule has 15 nitrogen and oxygen atoms in total. The number of nitrogens with zero attached hydrogens (tertiary/aromatic N) is 5. The van der Waals surface area contributed by atoms with Crippen molar-refractivity contribution in [1.29, 1.82) is 0 Å². The zero-order valence-corrected chi connectivity index (χ0v) is 32.7. The fourth-order valence-electron chi connectivity index (χ4n) is 8.35. The minimum Gasteiger partial charge on any atom is -0.458 e. The van der Waals surface area contributed by atoms with E-state index in [1.165, 1.54) is 6.92 Å². The summed E-state index contributed by atoms with van der Waals surface area (Å²) >= 11 is 0. The summed E-state index contributed by atoms with van der Waals surface area (Å²) in [5.74, 6) is -3.14. The van der Waals surface area contributed by atoms with Crippen LogP contribution in [0, 0.1) is 17.8 Å². The van der Waals surface area contributed by atoms with Crippen LogP contribution >= 0.6 is 0 Å². The maximum absolute atomic E-state index is 14.2. The van der Waals surface area contributed by atoms with E-state index in [1.807, 2.05) is 46.7 Å². The van der Waals surface area contributed by atoms with E-state index in [9.17, 15) is 19.5 Å². The molecule has 3 unspecified atom stereocenters. The number of aliphatic hydroxyl groups is 1. The maximum atomic E-state index is 14.2. The lowest BCUT2D eigenvalue weighted by atomic mass is 9.78. The van der Waals surface area contributed by atoms with Crippen LogP contribution in [0.1, 0.15) is 93.9 Å². The highest BCUT2D eigenvalue weighted by Gasteiger charge is 2.58. The van der Waals surface area contributed by atoms with E-state index in [1.54, 1.807) is 25.9 Å². The van der Waals surface area contributed by atoms with E-state index in [4.69, 9.17) is 29.2 Å². The predicted octanol–water partition coefficient (Wildman–Crippen LogP) is 4.44. The standard InChI is InChI=1S/C36H64N6O9/c1-12-27-36(8)30(42(34(46)51-36)17-15-13-14-16-39-40-37)25(6)38-20-21(2)19-35(7,47-11)31(23(4)28(43)24(5)32(45)49-27)50-33-29(44)26(41(9)10)18-22(3)48-33/h21-27,29-31,33,38,44H,12-20H2,1-11H3/t21-,22?,23+,24-,25-,26?,27-,29?,30-,31-,33+,35-,36-/m1/s1. The van der Waals surface area contributed by atoms with Gasteiger partial charge in [0.2, 0.25) is 0 Å². The van der Waals surface area contributed by atoms with Crippen LogP contribution in [0.25, 0.3) is 10.4 Å². The van der Waals surface area contributed by atoms with Crippen molar-refractivity contribution >= 4 is 17.8 Å². The molecular weight excluding hydrogens is 660 g/mol. The summed E-state index contributed by atoms with van der Waals surface area (Å²) in [6.07, 6.45) is -0.885. The van der Waals surface area contributed by atoms with Crippen LogP contribution in [0.15, 0.2) is 5.11 Å². The number of unbranched alkanes of at least 4 members (excludes halogenated alkanes) is 2. The topological polar surface area (TPSA) is 185 Å². The molecule has 3 fully saturated rings. The number of hydrogen-bond donors (Lipinski definition) is 2. The molecule has 0 radical (unpaired) electrons. The van der Waals surface area contributed by atoms with Crippen molar-refractivity contribution in [2.75, 3.05) is 40.8 Å². The fourth-order valence-corrected chi connectivity index (χ4v) is 8.35. The number of ether oxygens (including phenoxy) is 5. The van der Waals surface area contributed by atoms with Crippen LogP contribution in [0.5, 0.6) is 0 Å². The monoisotopic (exact) mass is 724 g/mol. The molecule has 0 spiro atoms. The van der Waals surface area contributed by atoms with Gasteiger partial charge in [0.1, 0.15) is 18.1 Å². The molecule has 15 heteroatoms. The minimum atomic E-state index is -1.21. The number of rotatable bonds is 11. The first kappa shape index (κ1) is 42.9. The SMILES string of the molecule is CC[C@H]1OC(=O)[C@H](C)C(=O)[C@H](C)[C@@H](O[C@@H]2OC(C)CC(N(C)C)C2O)[C@](C)(OC)C[C@@H](C)CN[C@H](C)[C@H]2N(CCCCCN=[N+]=[N-])C(=O)O[C@]12C. The smallest absolute Gasteiger partial charge is 0.410 e. The van der Waals surface area contributed by atoms with E-state index < -0.39 is 71.5 Å². The molecule has 2 N–H and O–H groups in total. The summed E-state index contributed by atoms with van der Waals surface area (Å²) in [5.41, 5.74) is 6.35. The summed E-state index contributed by atoms with van der Waals surface area (Å²) in [4.78, 5) is 48.0. The molecule has 0 bridgehead atoms. The van der Waals surface area contributed by atoms with Gasteiger partial charge < -0.3 is 39.0 Å². The van der Waals surface area contributed by atoms with Crippen LogP contribution in [0.4, 0.5) is 4.79 Å². The van der Waals surface area contributed by atoms with Gasteiger partial charge in [-0.2, -0.15) is 0 Å². The van der Waals surface area contributed by atoms with Gasteiger partial charge in [-0.05, 0) is 98.8 Å². The van der Waals surface area contributed by atoms with Gasteiger partial charge in [0.15, 0.2) is 17.7 Å². The van der Waals surface area contributed by atoms with Gasteiger partial charge in [-0.1, -0.05) is 32.3 Å². The van der Waals surface area contributed by atoms with Gasteiger partial charge in [0.25, 0.3) is 0 Å². The number of aliphatic hydroxyl groups excluding tert-OH is 1. The van der Waals surface area contributed by atoms with E-state index in [0.717, 1.165) is 6.42 Å². The van der Waals surface area contributed by atoms with Crippen molar-refractivity contribution in [3.8, 4) is 0 Å². The Balaban J connectivity index is 2.00. The normalized spacial score (nSPS) is 40.1. The van der Waals surface area contributed by atoms with Gasteiger partial charge in [-0.25, -0.2) is 4.79 Å². The second-order valence-corrected chi connectivity index (χ2v) is 15.6. The maximum Gasteiger partial charge on any atom is 0.410 e. The summed E-state index contributed by atoms with van der Waals surface area (Å²) in [6, 6.07) is -1.000. The van der Waals surface area contributed by atoms with Crippen LogP contribution in [-0.2, 0) is 33.3 Å². The number of methoxy groups -OCH3 is 1. The van der Waals surface area contributed by atoms with E-state index in [2.05, 4.69) is 22.3 Å². The Bertz CT molecular complexity index is 1240. The van der Waals surface area contributed by atoms with Crippen molar-refractivity contribution in [2.24, 2.45) is 22.9 Å². The third-order valence-electron chi connectivity index (χ3n) is 11.3. The quantitative estimate of drug-likeness (QED) is 0.0767. The van der Waals surface area contributed by atoms with Crippen LogP contribution < -0.4 is 5.32 Å². The number of fused-ring (bicyclic) bond motifs is 1. The second-order valence-electron chi connectivity index (χ2n) is 15.6. The third-order valence-corrected chi connectivity index (χ3v) is 11.3. The highest BCUT2D eigenvalue weighted by molar-refractivity contribution is 6.00. The molecule has 0 aromatic rings. The second kappa shape index (κ2) is 18.5. The Hall–Kier alpha value is -2.52. The van der Waals surface area contributed by atoms with Gasteiger partial charge in [0.05, 0.1) is 23.9 Å². The molecule has 3 aliphatic heterocycles. The number of hydrogen-bond acceptors (Lipinski definition) is 12. The number of amides is 1. The number of carbonyl (C=O) groups excluding carboxylic acids is 3. The average Bonchev–Trinajstić information content (AvgIpc) is 3.34. The number of likely N-dealkylation sites (N-methyl/N-ethyl adjacent to an activating group) is 1. The van der Waals surface area contributed by atoms with Crippen molar-refractivity contribution in [3.63, 3.8) is 0 Å². The highest BCUT2D eigenvalue weighted by Crippen LogP contribution is 2.40. The average molecular weight is 725 g/mol. The molecule has 13 atom stereocenters. The van der Waals surface area contributed by atoms with Crippen molar-refractivity contribution < 1.29 is 43.2 Å². The Kier molecular flexibility index (Phi) is 15.6. The van der Waals surface area contributed by atoms with Gasteiger partial charge in [0, 0.05) is 43.1 Å². The first-order valence-electron chi connectivity index (χ1n) is 18.6.